The molecule has 0 heterocycles. The fraction of sp³-hybridized carbons (Fsp3) is 0.0714. The number of hydrogen-bond donors (Lipinski definition) is 0. The van der Waals surface area contributed by atoms with Crippen LogP contribution in [0.5, 0.6) is 0 Å². The summed E-state index contributed by atoms with van der Waals surface area (Å²) in [5.41, 5.74) is 2.21. The number of anilines is 2. The SMILES string of the molecule is CN(c1cccc(F)c1)c1ccc(C#N)c(Br)c1. The highest BCUT2D eigenvalue weighted by molar-refractivity contribution is 9.10. The molecular weight excluding hydrogens is 295 g/mol. The van der Waals surface area contributed by atoms with Gasteiger partial charge in [0.2, 0.25) is 0 Å². The summed E-state index contributed by atoms with van der Waals surface area (Å²) in [5, 5.41) is 8.86. The minimum atomic E-state index is -0.271. The Kier molecular flexibility index (Phi) is 3.63. The van der Waals surface area contributed by atoms with E-state index in [1.54, 1.807) is 12.1 Å². The van der Waals surface area contributed by atoms with E-state index < -0.39 is 0 Å². The molecule has 0 aromatic heterocycles. The van der Waals surface area contributed by atoms with Gasteiger partial charge in [0.15, 0.2) is 0 Å². The molecule has 0 radical (unpaired) electrons. The molecule has 0 amide bonds. The fourth-order valence-electron chi connectivity index (χ4n) is 1.64. The summed E-state index contributed by atoms with van der Waals surface area (Å²) in [4.78, 5) is 1.86. The highest BCUT2D eigenvalue weighted by atomic mass is 79.9. The Morgan fingerprint density at radius 2 is 1.89 bits per heavy atom. The lowest BCUT2D eigenvalue weighted by Crippen LogP contribution is -2.09. The molecule has 90 valence electrons. The first kappa shape index (κ1) is 12.6. The summed E-state index contributed by atoms with van der Waals surface area (Å²) in [6.07, 6.45) is 0. The molecule has 2 nitrogen and oxygen atoms in total. The highest BCUT2D eigenvalue weighted by Crippen LogP contribution is 2.28. The first-order chi connectivity index (χ1) is 8.61. The van der Waals surface area contributed by atoms with Gasteiger partial charge in [-0.05, 0) is 52.3 Å². The molecule has 2 rings (SSSR count). The first-order valence-corrected chi connectivity index (χ1v) is 6.10. The van der Waals surface area contributed by atoms with Crippen LogP contribution < -0.4 is 4.90 Å². The summed E-state index contributed by atoms with van der Waals surface area (Å²) in [5.74, 6) is -0.271. The Labute approximate surface area is 113 Å². The minimum Gasteiger partial charge on any atom is -0.345 e. The zero-order valence-corrected chi connectivity index (χ0v) is 11.3. The Bertz CT molecular complexity index is 619. The van der Waals surface area contributed by atoms with Gasteiger partial charge in [0, 0.05) is 22.9 Å². The van der Waals surface area contributed by atoms with E-state index in [9.17, 15) is 4.39 Å². The van der Waals surface area contributed by atoms with Crippen molar-refractivity contribution in [3.63, 3.8) is 0 Å². The number of benzene rings is 2. The van der Waals surface area contributed by atoms with Crippen LogP contribution in [0.1, 0.15) is 5.56 Å². The smallest absolute Gasteiger partial charge is 0.125 e. The van der Waals surface area contributed by atoms with Crippen molar-refractivity contribution in [2.45, 2.75) is 0 Å². The Morgan fingerprint density at radius 1 is 1.17 bits per heavy atom. The van der Waals surface area contributed by atoms with Crippen LogP contribution in [0.25, 0.3) is 0 Å². The molecule has 0 saturated heterocycles. The first-order valence-electron chi connectivity index (χ1n) is 5.31. The number of nitriles is 1. The molecule has 0 atom stereocenters. The van der Waals surface area contributed by atoms with Crippen molar-refractivity contribution in [2.24, 2.45) is 0 Å². The van der Waals surface area contributed by atoms with E-state index in [0.717, 1.165) is 15.8 Å². The maximum Gasteiger partial charge on any atom is 0.125 e. The van der Waals surface area contributed by atoms with Gasteiger partial charge in [0.25, 0.3) is 0 Å². The Morgan fingerprint density at radius 3 is 2.50 bits per heavy atom. The van der Waals surface area contributed by atoms with E-state index in [4.69, 9.17) is 5.26 Å². The third-order valence-corrected chi connectivity index (χ3v) is 3.31. The third kappa shape index (κ3) is 2.52. The normalized spacial score (nSPS) is 9.89. The maximum atomic E-state index is 13.2. The Balaban J connectivity index is 2.38. The molecule has 0 spiro atoms. The molecule has 18 heavy (non-hydrogen) atoms. The lowest BCUT2D eigenvalue weighted by atomic mass is 10.2. The second-order valence-electron chi connectivity index (χ2n) is 3.81. The second-order valence-corrected chi connectivity index (χ2v) is 4.67. The molecule has 0 unspecified atom stereocenters. The van der Waals surface area contributed by atoms with E-state index in [-0.39, 0.29) is 5.82 Å². The van der Waals surface area contributed by atoms with Gasteiger partial charge in [-0.25, -0.2) is 4.39 Å². The van der Waals surface area contributed by atoms with E-state index in [1.807, 2.05) is 30.1 Å². The summed E-state index contributed by atoms with van der Waals surface area (Å²) in [6.45, 7) is 0. The minimum absolute atomic E-state index is 0.271. The molecule has 2 aromatic carbocycles. The molecule has 4 heteroatoms. The van der Waals surface area contributed by atoms with Crippen molar-refractivity contribution in [1.29, 1.82) is 5.26 Å². The predicted octanol–water partition coefficient (Wildman–Crippen LogP) is 4.23. The van der Waals surface area contributed by atoms with Crippen LogP contribution in [0.15, 0.2) is 46.9 Å². The molecular formula is C14H10BrFN2. The van der Waals surface area contributed by atoms with Crippen molar-refractivity contribution in [3.8, 4) is 6.07 Å². The number of rotatable bonds is 2. The van der Waals surface area contributed by atoms with Crippen molar-refractivity contribution >= 4 is 27.3 Å². The van der Waals surface area contributed by atoms with Crippen LogP contribution in [0.3, 0.4) is 0 Å². The van der Waals surface area contributed by atoms with Gasteiger partial charge in [0.05, 0.1) is 5.56 Å². The molecule has 0 aliphatic rings. The van der Waals surface area contributed by atoms with E-state index in [2.05, 4.69) is 22.0 Å². The molecule has 0 saturated carbocycles. The van der Waals surface area contributed by atoms with Crippen LogP contribution in [-0.4, -0.2) is 7.05 Å². The van der Waals surface area contributed by atoms with Crippen molar-refractivity contribution in [1.82, 2.24) is 0 Å². The van der Waals surface area contributed by atoms with Crippen LogP contribution in [-0.2, 0) is 0 Å². The van der Waals surface area contributed by atoms with Crippen LogP contribution in [0.2, 0.25) is 0 Å². The second kappa shape index (κ2) is 5.19. The van der Waals surface area contributed by atoms with E-state index in [1.165, 1.54) is 12.1 Å². The van der Waals surface area contributed by atoms with E-state index >= 15 is 0 Å². The van der Waals surface area contributed by atoms with Gasteiger partial charge in [-0.3, -0.25) is 0 Å². The lowest BCUT2D eigenvalue weighted by molar-refractivity contribution is 0.628. The van der Waals surface area contributed by atoms with Crippen LogP contribution in [0.4, 0.5) is 15.8 Å². The molecule has 0 N–H and O–H groups in total. The van der Waals surface area contributed by atoms with Gasteiger partial charge < -0.3 is 4.90 Å². The quantitative estimate of drug-likeness (QED) is 0.830. The predicted molar refractivity (Wildman–Crippen MR) is 73.3 cm³/mol. The van der Waals surface area contributed by atoms with Gasteiger partial charge >= 0.3 is 0 Å². The number of nitrogens with zero attached hydrogens (tertiary/aromatic N) is 2. The largest absolute Gasteiger partial charge is 0.345 e. The molecule has 0 bridgehead atoms. The van der Waals surface area contributed by atoms with Gasteiger partial charge in [-0.2, -0.15) is 5.26 Å². The lowest BCUT2D eigenvalue weighted by Gasteiger charge is -2.20. The molecule has 0 aliphatic carbocycles. The third-order valence-electron chi connectivity index (χ3n) is 2.66. The molecule has 0 fully saturated rings. The summed E-state index contributed by atoms with van der Waals surface area (Å²) in [6, 6.07) is 13.8. The maximum absolute atomic E-state index is 13.2. The van der Waals surface area contributed by atoms with Crippen LogP contribution >= 0.6 is 15.9 Å². The zero-order chi connectivity index (χ0) is 13.1. The van der Waals surface area contributed by atoms with Crippen molar-refractivity contribution in [2.75, 3.05) is 11.9 Å². The standard InChI is InChI=1S/C14H10BrFN2/c1-18(12-4-2-3-11(16)7-12)13-6-5-10(9-17)14(15)8-13/h2-8H,1H3. The Hall–Kier alpha value is -1.86. The average molecular weight is 305 g/mol. The van der Waals surface area contributed by atoms with E-state index in [0.29, 0.717) is 5.56 Å². The van der Waals surface area contributed by atoms with Crippen molar-refractivity contribution in [3.05, 3.63) is 58.3 Å². The van der Waals surface area contributed by atoms with Gasteiger partial charge in [-0.15, -0.1) is 0 Å². The highest BCUT2D eigenvalue weighted by Gasteiger charge is 2.07. The average Bonchev–Trinajstić information content (AvgIpc) is 2.37. The van der Waals surface area contributed by atoms with Gasteiger partial charge in [0.1, 0.15) is 11.9 Å². The molecule has 0 aliphatic heterocycles. The summed E-state index contributed by atoms with van der Waals surface area (Å²) >= 11 is 3.34. The molecule has 2 aromatic rings. The topological polar surface area (TPSA) is 27.0 Å². The monoisotopic (exact) mass is 304 g/mol. The number of hydrogen-bond acceptors (Lipinski definition) is 2. The van der Waals surface area contributed by atoms with Gasteiger partial charge in [-0.1, -0.05) is 6.07 Å². The fourth-order valence-corrected chi connectivity index (χ4v) is 2.09. The van der Waals surface area contributed by atoms with Crippen molar-refractivity contribution < 1.29 is 4.39 Å². The zero-order valence-electron chi connectivity index (χ0n) is 9.69. The number of halogens is 2. The van der Waals surface area contributed by atoms with Crippen LogP contribution in [0, 0.1) is 17.1 Å². The summed E-state index contributed by atoms with van der Waals surface area (Å²) in [7, 11) is 1.85. The summed E-state index contributed by atoms with van der Waals surface area (Å²) < 4.78 is 13.9.